The van der Waals surface area contributed by atoms with Gasteiger partial charge in [-0.2, -0.15) is 0 Å². The Bertz CT molecular complexity index is 115. The van der Waals surface area contributed by atoms with Crippen molar-refractivity contribution in [2.24, 2.45) is 0 Å². The largest absolute Gasteiger partial charge is 0.381 e. The van der Waals surface area contributed by atoms with Gasteiger partial charge in [0, 0.05) is 19.3 Å². The highest BCUT2D eigenvalue weighted by molar-refractivity contribution is 4.51. The third-order valence-corrected chi connectivity index (χ3v) is 2.41. The number of hydrogen-bond donors (Lipinski definition) is 1. The Kier molecular flexibility index (Phi) is 11.9. The average molecular weight is 215 g/mol. The quantitative estimate of drug-likeness (QED) is 0.534. The molecule has 0 bridgehead atoms. The standard InChI is InChI=1S/C13H29NO/c1-4-5-6-7-8-11-15-12-9-10-14-13(2)3/h13-14H,4-12H2,1-3H3. The van der Waals surface area contributed by atoms with Crippen LogP contribution in [0.2, 0.25) is 0 Å². The molecule has 0 rings (SSSR count). The lowest BCUT2D eigenvalue weighted by Crippen LogP contribution is -2.24. The Morgan fingerprint density at radius 2 is 1.60 bits per heavy atom. The zero-order valence-corrected chi connectivity index (χ0v) is 10.8. The summed E-state index contributed by atoms with van der Waals surface area (Å²) in [6.45, 7) is 9.54. The van der Waals surface area contributed by atoms with Crippen LogP contribution in [0.5, 0.6) is 0 Å². The van der Waals surface area contributed by atoms with E-state index in [4.69, 9.17) is 4.74 Å². The van der Waals surface area contributed by atoms with E-state index in [-0.39, 0.29) is 0 Å². The van der Waals surface area contributed by atoms with E-state index in [1.165, 1.54) is 32.1 Å². The van der Waals surface area contributed by atoms with Gasteiger partial charge in [0.15, 0.2) is 0 Å². The fraction of sp³-hybridized carbons (Fsp3) is 1.00. The molecule has 0 saturated heterocycles. The van der Waals surface area contributed by atoms with Gasteiger partial charge in [0.25, 0.3) is 0 Å². The van der Waals surface area contributed by atoms with Crippen molar-refractivity contribution in [3.8, 4) is 0 Å². The molecule has 2 heteroatoms. The monoisotopic (exact) mass is 215 g/mol. The van der Waals surface area contributed by atoms with Crippen LogP contribution in [0.15, 0.2) is 0 Å². The topological polar surface area (TPSA) is 21.3 Å². The molecule has 0 saturated carbocycles. The maximum Gasteiger partial charge on any atom is 0.0478 e. The second kappa shape index (κ2) is 12.0. The minimum atomic E-state index is 0.596. The number of rotatable bonds is 11. The molecule has 0 aromatic carbocycles. The van der Waals surface area contributed by atoms with Gasteiger partial charge in [-0.25, -0.2) is 0 Å². The predicted octanol–water partition coefficient (Wildman–Crippen LogP) is 3.36. The van der Waals surface area contributed by atoms with Gasteiger partial charge in [-0.15, -0.1) is 0 Å². The lowest BCUT2D eigenvalue weighted by molar-refractivity contribution is 0.127. The molecule has 0 aromatic heterocycles. The lowest BCUT2D eigenvalue weighted by Gasteiger charge is -2.08. The Morgan fingerprint density at radius 3 is 2.27 bits per heavy atom. The highest BCUT2D eigenvalue weighted by Gasteiger charge is 1.93. The molecule has 0 aliphatic heterocycles. The Hall–Kier alpha value is -0.0800. The summed E-state index contributed by atoms with van der Waals surface area (Å²) in [7, 11) is 0. The zero-order valence-electron chi connectivity index (χ0n) is 10.8. The first-order valence-corrected chi connectivity index (χ1v) is 6.58. The first-order chi connectivity index (χ1) is 7.27. The van der Waals surface area contributed by atoms with Crippen molar-refractivity contribution in [1.29, 1.82) is 0 Å². The molecular formula is C13H29NO. The van der Waals surface area contributed by atoms with Gasteiger partial charge in [0.1, 0.15) is 0 Å². The molecule has 0 aliphatic carbocycles. The fourth-order valence-electron chi connectivity index (χ4n) is 1.47. The van der Waals surface area contributed by atoms with Crippen molar-refractivity contribution in [1.82, 2.24) is 5.32 Å². The molecule has 0 radical (unpaired) electrons. The van der Waals surface area contributed by atoms with E-state index >= 15 is 0 Å². The number of nitrogens with one attached hydrogen (secondary N) is 1. The molecule has 0 atom stereocenters. The van der Waals surface area contributed by atoms with Crippen molar-refractivity contribution >= 4 is 0 Å². The van der Waals surface area contributed by atoms with E-state index in [1.54, 1.807) is 0 Å². The number of unbranched alkanes of at least 4 members (excludes halogenated alkanes) is 4. The third kappa shape index (κ3) is 13.9. The Morgan fingerprint density at radius 1 is 0.933 bits per heavy atom. The predicted molar refractivity (Wildman–Crippen MR) is 67.3 cm³/mol. The van der Waals surface area contributed by atoms with Crippen LogP contribution in [0.3, 0.4) is 0 Å². The van der Waals surface area contributed by atoms with E-state index in [2.05, 4.69) is 26.1 Å². The van der Waals surface area contributed by atoms with Crippen molar-refractivity contribution in [3.63, 3.8) is 0 Å². The SMILES string of the molecule is CCCCCCCOCCCNC(C)C. The van der Waals surface area contributed by atoms with E-state index in [0.717, 1.165) is 26.2 Å². The van der Waals surface area contributed by atoms with Crippen LogP contribution in [0, 0.1) is 0 Å². The molecule has 92 valence electrons. The summed E-state index contributed by atoms with van der Waals surface area (Å²) in [6.07, 6.45) is 7.76. The molecule has 0 unspecified atom stereocenters. The van der Waals surface area contributed by atoms with Gasteiger partial charge < -0.3 is 10.1 Å². The summed E-state index contributed by atoms with van der Waals surface area (Å²) in [4.78, 5) is 0. The van der Waals surface area contributed by atoms with E-state index in [9.17, 15) is 0 Å². The average Bonchev–Trinajstić information content (AvgIpc) is 2.20. The highest BCUT2D eigenvalue weighted by Crippen LogP contribution is 2.02. The van der Waals surface area contributed by atoms with Gasteiger partial charge in [-0.3, -0.25) is 0 Å². The van der Waals surface area contributed by atoms with Gasteiger partial charge in [-0.1, -0.05) is 46.5 Å². The van der Waals surface area contributed by atoms with Crippen LogP contribution in [-0.2, 0) is 4.74 Å². The first kappa shape index (κ1) is 14.9. The fourth-order valence-corrected chi connectivity index (χ4v) is 1.47. The molecule has 2 nitrogen and oxygen atoms in total. The molecule has 0 fully saturated rings. The van der Waals surface area contributed by atoms with Crippen LogP contribution in [0.1, 0.15) is 59.3 Å². The van der Waals surface area contributed by atoms with Gasteiger partial charge in [0.05, 0.1) is 0 Å². The summed E-state index contributed by atoms with van der Waals surface area (Å²) in [5.41, 5.74) is 0. The van der Waals surface area contributed by atoms with Crippen LogP contribution < -0.4 is 5.32 Å². The molecular weight excluding hydrogens is 186 g/mol. The molecule has 0 aliphatic rings. The first-order valence-electron chi connectivity index (χ1n) is 6.58. The van der Waals surface area contributed by atoms with Gasteiger partial charge in [-0.05, 0) is 19.4 Å². The number of ether oxygens (including phenoxy) is 1. The van der Waals surface area contributed by atoms with Crippen LogP contribution in [0.25, 0.3) is 0 Å². The van der Waals surface area contributed by atoms with Crippen molar-refractivity contribution < 1.29 is 4.74 Å². The second-order valence-corrected chi connectivity index (χ2v) is 4.49. The summed E-state index contributed by atoms with van der Waals surface area (Å²) in [6, 6.07) is 0.596. The highest BCUT2D eigenvalue weighted by atomic mass is 16.5. The minimum Gasteiger partial charge on any atom is -0.381 e. The summed E-state index contributed by atoms with van der Waals surface area (Å²) >= 11 is 0. The van der Waals surface area contributed by atoms with E-state index < -0.39 is 0 Å². The zero-order chi connectivity index (χ0) is 11.4. The third-order valence-electron chi connectivity index (χ3n) is 2.41. The van der Waals surface area contributed by atoms with Crippen molar-refractivity contribution in [3.05, 3.63) is 0 Å². The second-order valence-electron chi connectivity index (χ2n) is 4.49. The van der Waals surface area contributed by atoms with Crippen LogP contribution >= 0.6 is 0 Å². The summed E-state index contributed by atoms with van der Waals surface area (Å²) in [5.74, 6) is 0. The normalized spacial score (nSPS) is 11.2. The Labute approximate surface area is 95.8 Å². The minimum absolute atomic E-state index is 0.596. The molecule has 0 aromatic rings. The van der Waals surface area contributed by atoms with Crippen molar-refractivity contribution in [2.45, 2.75) is 65.3 Å². The molecule has 1 N–H and O–H groups in total. The van der Waals surface area contributed by atoms with Crippen LogP contribution in [-0.4, -0.2) is 25.8 Å². The molecule has 0 heterocycles. The molecule has 15 heavy (non-hydrogen) atoms. The maximum atomic E-state index is 5.56. The van der Waals surface area contributed by atoms with Crippen molar-refractivity contribution in [2.75, 3.05) is 19.8 Å². The Balaban J connectivity index is 2.87. The summed E-state index contributed by atoms with van der Waals surface area (Å²) < 4.78 is 5.56. The van der Waals surface area contributed by atoms with Gasteiger partial charge >= 0.3 is 0 Å². The lowest BCUT2D eigenvalue weighted by atomic mass is 10.2. The van der Waals surface area contributed by atoms with Crippen LogP contribution in [0.4, 0.5) is 0 Å². The molecule has 0 amide bonds. The van der Waals surface area contributed by atoms with E-state index in [1.807, 2.05) is 0 Å². The molecule has 0 spiro atoms. The van der Waals surface area contributed by atoms with Gasteiger partial charge in [0.2, 0.25) is 0 Å². The summed E-state index contributed by atoms with van der Waals surface area (Å²) in [5, 5.41) is 3.38. The smallest absolute Gasteiger partial charge is 0.0478 e. The maximum absolute atomic E-state index is 5.56. The van der Waals surface area contributed by atoms with E-state index in [0.29, 0.717) is 6.04 Å². The number of hydrogen-bond acceptors (Lipinski definition) is 2.